The van der Waals surface area contributed by atoms with Crippen LogP contribution in [-0.4, -0.2) is 17.9 Å². The summed E-state index contributed by atoms with van der Waals surface area (Å²) in [4.78, 5) is 13.6. The van der Waals surface area contributed by atoms with E-state index >= 15 is 0 Å². The normalized spacial score (nSPS) is 10.7. The van der Waals surface area contributed by atoms with Crippen LogP contribution in [-0.2, 0) is 11.3 Å². The maximum absolute atomic E-state index is 11.9. The predicted octanol–water partition coefficient (Wildman–Crippen LogP) is 3.32. The van der Waals surface area contributed by atoms with Crippen molar-refractivity contribution in [1.29, 1.82) is 0 Å². The van der Waals surface area contributed by atoms with Crippen LogP contribution in [0.3, 0.4) is 0 Å². The lowest BCUT2D eigenvalue weighted by Gasteiger charge is -2.19. The molecule has 0 heterocycles. The van der Waals surface area contributed by atoms with Crippen LogP contribution in [0.2, 0.25) is 5.02 Å². The molecular weight excluding hydrogens is 248 g/mol. The smallest absolute Gasteiger partial charge is 0.222 e. The van der Waals surface area contributed by atoms with E-state index in [1.807, 2.05) is 6.07 Å². The highest BCUT2D eigenvalue weighted by Gasteiger charge is 2.11. The summed E-state index contributed by atoms with van der Waals surface area (Å²) < 4.78 is 0. The maximum Gasteiger partial charge on any atom is 0.222 e. The Morgan fingerprint density at radius 2 is 2.11 bits per heavy atom. The van der Waals surface area contributed by atoms with Gasteiger partial charge in [0.05, 0.1) is 0 Å². The van der Waals surface area contributed by atoms with Crippen LogP contribution < -0.4 is 5.73 Å². The molecule has 3 nitrogen and oxygen atoms in total. The monoisotopic (exact) mass is 268 g/mol. The third-order valence-electron chi connectivity index (χ3n) is 2.84. The predicted molar refractivity (Wildman–Crippen MR) is 76.4 cm³/mol. The Balaban J connectivity index is 2.60. The van der Waals surface area contributed by atoms with E-state index in [-0.39, 0.29) is 5.91 Å². The largest absolute Gasteiger partial charge is 0.399 e. The fraction of sp³-hybridized carbons (Fsp3) is 0.500. The first kappa shape index (κ1) is 14.8. The Kier molecular flexibility index (Phi) is 5.48. The lowest BCUT2D eigenvalue weighted by molar-refractivity contribution is -0.130. The number of nitrogens with two attached hydrogens (primary N) is 1. The van der Waals surface area contributed by atoms with Gasteiger partial charge in [-0.2, -0.15) is 0 Å². The standard InChI is InChI=1S/C14H21ClN2O/c1-10(2)4-7-14(18)17(3)9-11-8-12(16)5-6-13(11)15/h5-6,8,10H,4,7,9,16H2,1-3H3. The second-order valence-corrected chi connectivity index (χ2v) is 5.44. The molecule has 1 amide bonds. The molecule has 0 saturated carbocycles. The van der Waals surface area contributed by atoms with Gasteiger partial charge < -0.3 is 10.6 Å². The molecule has 18 heavy (non-hydrogen) atoms. The summed E-state index contributed by atoms with van der Waals surface area (Å²) in [6.45, 7) is 4.73. The number of halogens is 1. The Morgan fingerprint density at radius 1 is 1.44 bits per heavy atom. The zero-order valence-electron chi connectivity index (χ0n) is 11.2. The zero-order chi connectivity index (χ0) is 13.7. The molecule has 1 aromatic rings. The maximum atomic E-state index is 11.9. The van der Waals surface area contributed by atoms with Crippen LogP contribution in [0.25, 0.3) is 0 Å². The van der Waals surface area contributed by atoms with Crippen molar-refractivity contribution in [2.45, 2.75) is 33.2 Å². The van der Waals surface area contributed by atoms with Crippen molar-refractivity contribution in [3.63, 3.8) is 0 Å². The fourth-order valence-electron chi connectivity index (χ4n) is 1.66. The van der Waals surface area contributed by atoms with E-state index in [1.54, 1.807) is 24.1 Å². The van der Waals surface area contributed by atoms with Crippen molar-refractivity contribution in [2.75, 3.05) is 12.8 Å². The van der Waals surface area contributed by atoms with Crippen LogP contribution in [0.4, 0.5) is 5.69 Å². The third kappa shape index (κ3) is 4.57. The quantitative estimate of drug-likeness (QED) is 0.833. The summed E-state index contributed by atoms with van der Waals surface area (Å²) in [5, 5.41) is 0.646. The van der Waals surface area contributed by atoms with Crippen molar-refractivity contribution < 1.29 is 4.79 Å². The molecule has 4 heteroatoms. The number of hydrogen-bond donors (Lipinski definition) is 1. The van der Waals surface area contributed by atoms with E-state index in [0.29, 0.717) is 29.6 Å². The van der Waals surface area contributed by atoms with E-state index < -0.39 is 0 Å². The Morgan fingerprint density at radius 3 is 2.72 bits per heavy atom. The van der Waals surface area contributed by atoms with Crippen molar-refractivity contribution in [3.8, 4) is 0 Å². The van der Waals surface area contributed by atoms with Gasteiger partial charge in [-0.15, -0.1) is 0 Å². The van der Waals surface area contributed by atoms with Crippen LogP contribution in [0.15, 0.2) is 18.2 Å². The summed E-state index contributed by atoms with van der Waals surface area (Å²) >= 11 is 6.08. The molecule has 1 rings (SSSR count). The summed E-state index contributed by atoms with van der Waals surface area (Å²) in [6, 6.07) is 5.33. The molecule has 1 aromatic carbocycles. The van der Waals surface area contributed by atoms with E-state index in [0.717, 1.165) is 12.0 Å². The minimum Gasteiger partial charge on any atom is -0.399 e. The molecule has 0 aliphatic heterocycles. The molecule has 0 unspecified atom stereocenters. The summed E-state index contributed by atoms with van der Waals surface area (Å²) in [5.41, 5.74) is 7.27. The number of anilines is 1. The second kappa shape index (κ2) is 6.64. The highest BCUT2D eigenvalue weighted by atomic mass is 35.5. The molecule has 0 aromatic heterocycles. The Bertz CT molecular complexity index is 418. The van der Waals surface area contributed by atoms with Crippen molar-refractivity contribution in [2.24, 2.45) is 5.92 Å². The lowest BCUT2D eigenvalue weighted by Crippen LogP contribution is -2.26. The number of hydrogen-bond acceptors (Lipinski definition) is 2. The van der Waals surface area contributed by atoms with Gasteiger partial charge in [-0.05, 0) is 36.1 Å². The number of benzene rings is 1. The number of amides is 1. The number of nitrogens with zero attached hydrogens (tertiary/aromatic N) is 1. The SMILES string of the molecule is CC(C)CCC(=O)N(C)Cc1cc(N)ccc1Cl. The van der Waals surface area contributed by atoms with Gasteiger partial charge in [0.25, 0.3) is 0 Å². The third-order valence-corrected chi connectivity index (χ3v) is 3.21. The van der Waals surface area contributed by atoms with E-state index in [9.17, 15) is 4.79 Å². The average molecular weight is 269 g/mol. The lowest BCUT2D eigenvalue weighted by atomic mass is 10.1. The molecule has 0 bridgehead atoms. The highest BCUT2D eigenvalue weighted by Crippen LogP contribution is 2.20. The van der Waals surface area contributed by atoms with Crippen molar-refractivity contribution in [3.05, 3.63) is 28.8 Å². The van der Waals surface area contributed by atoms with Gasteiger partial charge in [-0.25, -0.2) is 0 Å². The van der Waals surface area contributed by atoms with Crippen LogP contribution in [0, 0.1) is 5.92 Å². The molecular formula is C14H21ClN2O. The molecule has 0 radical (unpaired) electrons. The van der Waals surface area contributed by atoms with Gasteiger partial charge in [0, 0.05) is 30.7 Å². The first-order chi connectivity index (χ1) is 8.40. The van der Waals surface area contributed by atoms with Crippen molar-refractivity contribution in [1.82, 2.24) is 4.90 Å². The number of carbonyl (C=O) groups is 1. The van der Waals surface area contributed by atoms with Crippen LogP contribution in [0.1, 0.15) is 32.3 Å². The average Bonchev–Trinajstić information content (AvgIpc) is 2.30. The minimum atomic E-state index is 0.141. The molecule has 0 fully saturated rings. The molecule has 0 atom stereocenters. The first-order valence-corrected chi connectivity index (χ1v) is 6.55. The summed E-state index contributed by atoms with van der Waals surface area (Å²) in [5.74, 6) is 0.681. The molecule has 0 saturated heterocycles. The molecule has 0 spiro atoms. The second-order valence-electron chi connectivity index (χ2n) is 5.03. The van der Waals surface area contributed by atoms with E-state index in [1.165, 1.54) is 0 Å². The van der Waals surface area contributed by atoms with Gasteiger partial charge in [-0.1, -0.05) is 25.4 Å². The Labute approximate surface area is 114 Å². The van der Waals surface area contributed by atoms with Gasteiger partial charge >= 0.3 is 0 Å². The minimum absolute atomic E-state index is 0.141. The van der Waals surface area contributed by atoms with E-state index in [2.05, 4.69) is 13.8 Å². The number of rotatable bonds is 5. The first-order valence-electron chi connectivity index (χ1n) is 6.18. The molecule has 2 N–H and O–H groups in total. The highest BCUT2D eigenvalue weighted by molar-refractivity contribution is 6.31. The van der Waals surface area contributed by atoms with Gasteiger partial charge in [0.2, 0.25) is 5.91 Å². The van der Waals surface area contributed by atoms with Gasteiger partial charge in [0.15, 0.2) is 0 Å². The van der Waals surface area contributed by atoms with E-state index in [4.69, 9.17) is 17.3 Å². The number of nitrogen functional groups attached to an aromatic ring is 1. The summed E-state index contributed by atoms with van der Waals surface area (Å²) in [6.07, 6.45) is 1.49. The van der Waals surface area contributed by atoms with Crippen LogP contribution in [0.5, 0.6) is 0 Å². The molecule has 0 aliphatic carbocycles. The van der Waals surface area contributed by atoms with Gasteiger partial charge in [0.1, 0.15) is 0 Å². The number of carbonyl (C=O) groups excluding carboxylic acids is 1. The van der Waals surface area contributed by atoms with Crippen molar-refractivity contribution >= 4 is 23.2 Å². The van der Waals surface area contributed by atoms with Gasteiger partial charge in [-0.3, -0.25) is 4.79 Å². The summed E-state index contributed by atoms with van der Waals surface area (Å²) in [7, 11) is 1.79. The Hall–Kier alpha value is -1.22. The van der Waals surface area contributed by atoms with Crippen LogP contribution >= 0.6 is 11.6 Å². The molecule has 0 aliphatic rings. The topological polar surface area (TPSA) is 46.3 Å². The fourth-order valence-corrected chi connectivity index (χ4v) is 1.84. The zero-order valence-corrected chi connectivity index (χ0v) is 12.0. The molecule has 100 valence electrons.